The van der Waals surface area contributed by atoms with Crippen LogP contribution in [0.3, 0.4) is 0 Å². The highest BCUT2D eigenvalue weighted by Gasteiger charge is 2.48. The molecule has 0 saturated carbocycles. The highest BCUT2D eigenvalue weighted by atomic mass is 16.6. The largest absolute Gasteiger partial charge is 0.361 e. The molecule has 2 unspecified atom stereocenters. The normalized spacial score (nSPS) is 37.1. The van der Waals surface area contributed by atoms with E-state index in [9.17, 15) is 4.79 Å². The zero-order valence-corrected chi connectivity index (χ0v) is 10.1. The van der Waals surface area contributed by atoms with Crippen molar-refractivity contribution in [2.24, 2.45) is 11.8 Å². The average molecular weight is 220 g/mol. The van der Waals surface area contributed by atoms with Gasteiger partial charge in [0.05, 0.1) is 6.10 Å². The van der Waals surface area contributed by atoms with Gasteiger partial charge in [-0.05, 0) is 18.8 Å². The SMILES string of the molecule is C=C1/C=C/[C@H](C(C)C)C2OC2C(=O)CCC1. The van der Waals surface area contributed by atoms with Crippen LogP contribution in [0.1, 0.15) is 33.1 Å². The predicted molar refractivity (Wildman–Crippen MR) is 64.1 cm³/mol. The second-order valence-electron chi connectivity index (χ2n) is 5.18. The first kappa shape index (κ1) is 11.6. The smallest absolute Gasteiger partial charge is 0.164 e. The monoisotopic (exact) mass is 220 g/mol. The average Bonchev–Trinajstić information content (AvgIpc) is 2.97. The molecular weight excluding hydrogens is 200 g/mol. The van der Waals surface area contributed by atoms with Crippen molar-refractivity contribution in [3.05, 3.63) is 24.3 Å². The fourth-order valence-electron chi connectivity index (χ4n) is 2.35. The van der Waals surface area contributed by atoms with Crippen molar-refractivity contribution < 1.29 is 9.53 Å². The number of fused-ring (bicyclic) bond motifs is 1. The quantitative estimate of drug-likeness (QED) is 0.636. The van der Waals surface area contributed by atoms with E-state index in [0.29, 0.717) is 18.3 Å². The van der Waals surface area contributed by atoms with Crippen molar-refractivity contribution in [1.29, 1.82) is 0 Å². The van der Waals surface area contributed by atoms with Crippen LogP contribution in [0.5, 0.6) is 0 Å². The lowest BCUT2D eigenvalue weighted by atomic mass is 9.87. The van der Waals surface area contributed by atoms with Gasteiger partial charge < -0.3 is 4.74 Å². The van der Waals surface area contributed by atoms with Gasteiger partial charge in [0, 0.05) is 12.3 Å². The Hall–Kier alpha value is -0.890. The molecule has 1 aliphatic heterocycles. The Morgan fingerprint density at radius 3 is 2.88 bits per heavy atom. The number of ether oxygens (including phenoxy) is 1. The van der Waals surface area contributed by atoms with Crippen LogP contribution in [0, 0.1) is 11.8 Å². The third-order valence-electron chi connectivity index (χ3n) is 3.47. The van der Waals surface area contributed by atoms with E-state index in [1.54, 1.807) is 0 Å². The molecule has 2 nitrogen and oxygen atoms in total. The van der Waals surface area contributed by atoms with Crippen molar-refractivity contribution in [1.82, 2.24) is 0 Å². The van der Waals surface area contributed by atoms with Gasteiger partial charge in [-0.3, -0.25) is 4.79 Å². The molecule has 0 aromatic carbocycles. The summed E-state index contributed by atoms with van der Waals surface area (Å²) in [5, 5.41) is 0. The highest BCUT2D eigenvalue weighted by molar-refractivity contribution is 5.86. The number of epoxide rings is 1. The Morgan fingerprint density at radius 2 is 2.19 bits per heavy atom. The molecule has 1 fully saturated rings. The van der Waals surface area contributed by atoms with Crippen molar-refractivity contribution in [2.75, 3.05) is 0 Å². The molecule has 0 aromatic heterocycles. The molecule has 2 rings (SSSR count). The lowest BCUT2D eigenvalue weighted by Gasteiger charge is -2.15. The summed E-state index contributed by atoms with van der Waals surface area (Å²) in [6.07, 6.45) is 6.75. The molecule has 0 N–H and O–H groups in total. The Kier molecular flexibility index (Phi) is 3.29. The number of hydrogen-bond donors (Lipinski definition) is 0. The van der Waals surface area contributed by atoms with Crippen LogP contribution < -0.4 is 0 Å². The number of Topliss-reactive ketones (excluding diaryl/α,β-unsaturated/α-hetero) is 1. The van der Waals surface area contributed by atoms with Crippen molar-refractivity contribution in [3.8, 4) is 0 Å². The summed E-state index contributed by atoms with van der Waals surface area (Å²) in [4.78, 5) is 11.8. The molecule has 0 amide bonds. The maximum absolute atomic E-state index is 11.8. The summed E-state index contributed by atoms with van der Waals surface area (Å²) in [6, 6.07) is 0. The van der Waals surface area contributed by atoms with E-state index in [1.165, 1.54) is 0 Å². The first-order valence-electron chi connectivity index (χ1n) is 6.13. The molecule has 3 atom stereocenters. The van der Waals surface area contributed by atoms with E-state index >= 15 is 0 Å². The third kappa shape index (κ3) is 2.43. The molecule has 88 valence electrons. The molecule has 2 aliphatic rings. The Bertz CT molecular complexity index is 328. The van der Waals surface area contributed by atoms with Crippen molar-refractivity contribution in [3.63, 3.8) is 0 Å². The lowest BCUT2D eigenvalue weighted by molar-refractivity contribution is -0.120. The third-order valence-corrected chi connectivity index (χ3v) is 3.47. The van der Waals surface area contributed by atoms with E-state index in [4.69, 9.17) is 4.74 Å². The Labute approximate surface area is 97.4 Å². The first-order chi connectivity index (χ1) is 7.59. The molecule has 1 aliphatic carbocycles. The van der Waals surface area contributed by atoms with Crippen LogP contribution in [-0.2, 0) is 9.53 Å². The minimum absolute atomic E-state index is 0.120. The van der Waals surface area contributed by atoms with Crippen molar-refractivity contribution >= 4 is 5.78 Å². The number of ketones is 1. The molecule has 0 aromatic rings. The van der Waals surface area contributed by atoms with Gasteiger partial charge in [-0.1, -0.05) is 38.2 Å². The first-order valence-corrected chi connectivity index (χ1v) is 6.13. The van der Waals surface area contributed by atoms with Crippen LogP contribution in [0.25, 0.3) is 0 Å². The minimum atomic E-state index is -0.122. The van der Waals surface area contributed by atoms with Crippen LogP contribution in [-0.4, -0.2) is 18.0 Å². The number of rotatable bonds is 1. The van der Waals surface area contributed by atoms with Gasteiger partial charge in [0.2, 0.25) is 0 Å². The summed E-state index contributed by atoms with van der Waals surface area (Å²) < 4.78 is 5.54. The Morgan fingerprint density at radius 1 is 1.44 bits per heavy atom. The van der Waals surface area contributed by atoms with Crippen LogP contribution in [0.2, 0.25) is 0 Å². The van der Waals surface area contributed by atoms with Crippen LogP contribution in [0.4, 0.5) is 0 Å². The number of carbonyl (C=O) groups excluding carboxylic acids is 1. The maximum Gasteiger partial charge on any atom is 0.164 e. The van der Waals surface area contributed by atoms with Crippen LogP contribution in [0.15, 0.2) is 24.3 Å². The molecule has 0 spiro atoms. The van der Waals surface area contributed by atoms with Crippen molar-refractivity contribution in [2.45, 2.75) is 45.3 Å². The fraction of sp³-hybridized carbons (Fsp3) is 0.643. The summed E-state index contributed by atoms with van der Waals surface area (Å²) in [6.45, 7) is 8.35. The van der Waals surface area contributed by atoms with Gasteiger partial charge >= 0.3 is 0 Å². The number of carbonyl (C=O) groups is 1. The van der Waals surface area contributed by atoms with E-state index in [1.807, 2.05) is 0 Å². The second-order valence-corrected chi connectivity index (χ2v) is 5.18. The van der Waals surface area contributed by atoms with Gasteiger partial charge in [-0.2, -0.15) is 0 Å². The van der Waals surface area contributed by atoms with E-state index in [-0.39, 0.29) is 18.0 Å². The maximum atomic E-state index is 11.8. The Balaban J connectivity index is 2.14. The zero-order valence-electron chi connectivity index (χ0n) is 10.1. The van der Waals surface area contributed by atoms with Gasteiger partial charge in [0.25, 0.3) is 0 Å². The van der Waals surface area contributed by atoms with E-state index in [0.717, 1.165) is 18.4 Å². The summed E-state index contributed by atoms with van der Waals surface area (Å²) in [5.74, 6) is 1.13. The summed E-state index contributed by atoms with van der Waals surface area (Å²) in [5.41, 5.74) is 1.12. The number of allylic oxidation sites excluding steroid dienone is 2. The second kappa shape index (κ2) is 4.54. The summed E-state index contributed by atoms with van der Waals surface area (Å²) >= 11 is 0. The molecule has 1 heterocycles. The predicted octanol–water partition coefficient (Wildman–Crippen LogP) is 2.89. The van der Waals surface area contributed by atoms with Gasteiger partial charge in [-0.25, -0.2) is 0 Å². The number of hydrogen-bond acceptors (Lipinski definition) is 2. The van der Waals surface area contributed by atoms with Gasteiger partial charge in [0.15, 0.2) is 5.78 Å². The fourth-order valence-corrected chi connectivity index (χ4v) is 2.35. The van der Waals surface area contributed by atoms with Gasteiger partial charge in [0.1, 0.15) is 6.10 Å². The van der Waals surface area contributed by atoms with Crippen LogP contribution >= 0.6 is 0 Å². The topological polar surface area (TPSA) is 29.6 Å². The van der Waals surface area contributed by atoms with E-state index in [2.05, 4.69) is 32.6 Å². The molecular formula is C14H20O2. The lowest BCUT2D eigenvalue weighted by Crippen LogP contribution is -2.19. The molecule has 16 heavy (non-hydrogen) atoms. The minimum Gasteiger partial charge on any atom is -0.361 e. The van der Waals surface area contributed by atoms with E-state index < -0.39 is 0 Å². The standard InChI is InChI=1S/C14H20O2/c1-9(2)11-8-7-10(3)5-4-6-12(15)14-13(11)16-14/h7-9,11,13-14H,3-6H2,1-2H3/b8-7+/t11-,13?,14?/m1/s1. The molecule has 1 saturated heterocycles. The highest BCUT2D eigenvalue weighted by Crippen LogP contribution is 2.37. The molecule has 0 radical (unpaired) electrons. The molecule has 0 bridgehead atoms. The van der Waals surface area contributed by atoms with Gasteiger partial charge in [-0.15, -0.1) is 0 Å². The zero-order chi connectivity index (χ0) is 11.7. The molecule has 2 heteroatoms. The summed E-state index contributed by atoms with van der Waals surface area (Å²) in [7, 11) is 0.